The van der Waals surface area contributed by atoms with Crippen LogP contribution in [0.25, 0.3) is 0 Å². The van der Waals surface area contributed by atoms with Crippen LogP contribution in [0.15, 0.2) is 48.5 Å². The van der Waals surface area contributed by atoms with Gasteiger partial charge in [0.15, 0.2) is 0 Å². The third kappa shape index (κ3) is 3.75. The van der Waals surface area contributed by atoms with Gasteiger partial charge in [-0.1, -0.05) is 24.3 Å². The van der Waals surface area contributed by atoms with E-state index in [0.29, 0.717) is 0 Å². The van der Waals surface area contributed by atoms with Gasteiger partial charge in [-0.3, -0.25) is 0 Å². The van der Waals surface area contributed by atoms with Crippen molar-refractivity contribution in [3.8, 4) is 0 Å². The molecule has 0 unspecified atom stereocenters. The highest BCUT2D eigenvalue weighted by molar-refractivity contribution is 6.96. The van der Waals surface area contributed by atoms with Gasteiger partial charge in [0.25, 0.3) is 0 Å². The summed E-state index contributed by atoms with van der Waals surface area (Å²) in [5, 5.41) is 2.46. The molecule has 0 aromatic heterocycles. The van der Waals surface area contributed by atoms with Crippen LogP contribution in [0.1, 0.15) is 0 Å². The summed E-state index contributed by atoms with van der Waals surface area (Å²) < 4.78 is 6.67. The molecule has 0 aliphatic rings. The lowest BCUT2D eigenvalue weighted by Crippen LogP contribution is -2.57. The second-order valence-corrected chi connectivity index (χ2v) is 14.4. The van der Waals surface area contributed by atoms with Crippen molar-refractivity contribution in [1.29, 1.82) is 0 Å². The number of hydrogen-bond donors (Lipinski definition) is 2. The Hall–Kier alpha value is -1.57. The average molecular weight is 317 g/mol. The van der Waals surface area contributed by atoms with Gasteiger partial charge in [-0.05, 0) is 60.8 Å². The lowest BCUT2D eigenvalue weighted by atomic mass is 10.3. The van der Waals surface area contributed by atoms with Crippen molar-refractivity contribution in [1.82, 2.24) is 0 Å². The lowest BCUT2D eigenvalue weighted by Gasteiger charge is -2.34. The minimum absolute atomic E-state index is 0.792. The zero-order valence-corrected chi connectivity index (χ0v) is 15.2. The van der Waals surface area contributed by atoms with Crippen molar-refractivity contribution < 1.29 is 4.12 Å². The van der Waals surface area contributed by atoms with E-state index in [4.69, 9.17) is 15.6 Å². The zero-order valence-electron chi connectivity index (χ0n) is 13.2. The summed E-state index contributed by atoms with van der Waals surface area (Å²) in [4.78, 5) is 0. The monoisotopic (exact) mass is 316 g/mol. The summed E-state index contributed by atoms with van der Waals surface area (Å²) in [6.07, 6.45) is 0. The first-order chi connectivity index (χ1) is 9.71. The van der Waals surface area contributed by atoms with E-state index in [0.717, 1.165) is 11.4 Å². The summed E-state index contributed by atoms with van der Waals surface area (Å²) >= 11 is 0. The predicted molar refractivity (Wildman–Crippen MR) is 97.0 cm³/mol. The molecule has 2 aromatic carbocycles. The zero-order chi connectivity index (χ0) is 15.7. The normalized spacial score (nSPS) is 12.4. The molecular formula is C16H24N2OSi2. The highest BCUT2D eigenvalue weighted by Gasteiger charge is 2.36. The van der Waals surface area contributed by atoms with Crippen LogP contribution in [-0.2, 0) is 4.12 Å². The largest absolute Gasteiger partial charge is 0.449 e. The standard InChI is InChI=1S/C16H24N2OSi2/c1-20(2,15-9-5-7-13(17)11-15)19-21(3,4)16-10-6-8-14(18)12-16/h5-12H,17-18H2,1-4H3. The molecule has 0 saturated carbocycles. The number of benzene rings is 2. The van der Waals surface area contributed by atoms with Crippen LogP contribution in [0, 0.1) is 0 Å². The molecule has 0 aliphatic carbocycles. The summed E-state index contributed by atoms with van der Waals surface area (Å²) in [6.45, 7) is 8.90. The van der Waals surface area contributed by atoms with Crippen molar-refractivity contribution in [2.75, 3.05) is 11.5 Å². The van der Waals surface area contributed by atoms with Gasteiger partial charge in [-0.15, -0.1) is 0 Å². The second-order valence-electron chi connectivity index (χ2n) is 6.37. The summed E-state index contributed by atoms with van der Waals surface area (Å²) in [7, 11) is -4.01. The number of nitrogen functional groups attached to an aromatic ring is 2. The maximum absolute atomic E-state index is 6.67. The molecule has 2 rings (SSSR count). The molecule has 0 bridgehead atoms. The van der Waals surface area contributed by atoms with Crippen LogP contribution in [0.4, 0.5) is 11.4 Å². The van der Waals surface area contributed by atoms with Crippen LogP contribution >= 0.6 is 0 Å². The van der Waals surface area contributed by atoms with Gasteiger partial charge in [-0.2, -0.15) is 0 Å². The van der Waals surface area contributed by atoms with Crippen molar-refractivity contribution in [3.05, 3.63) is 48.5 Å². The van der Waals surface area contributed by atoms with Gasteiger partial charge < -0.3 is 15.6 Å². The lowest BCUT2D eigenvalue weighted by molar-refractivity contribution is 0.573. The SMILES string of the molecule is C[Si](C)(O[Si](C)(C)c1cccc(N)c1)c1cccc(N)c1. The topological polar surface area (TPSA) is 61.3 Å². The van der Waals surface area contributed by atoms with Crippen molar-refractivity contribution in [2.45, 2.75) is 26.2 Å². The third-order valence-electron chi connectivity index (χ3n) is 3.67. The summed E-state index contributed by atoms with van der Waals surface area (Å²) in [5.74, 6) is 0. The first-order valence-corrected chi connectivity index (χ1v) is 12.9. The first-order valence-electron chi connectivity index (χ1n) is 7.13. The molecule has 0 spiro atoms. The molecule has 0 radical (unpaired) electrons. The Kier molecular flexibility index (Phi) is 4.27. The quantitative estimate of drug-likeness (QED) is 0.672. The maximum atomic E-state index is 6.67. The first kappa shape index (κ1) is 15.8. The van der Waals surface area contributed by atoms with E-state index in [1.807, 2.05) is 36.4 Å². The Balaban J connectivity index is 2.30. The Morgan fingerprint density at radius 3 is 1.43 bits per heavy atom. The second kappa shape index (κ2) is 5.67. The fourth-order valence-electron chi connectivity index (χ4n) is 2.58. The number of rotatable bonds is 4. The van der Waals surface area contributed by atoms with E-state index in [-0.39, 0.29) is 0 Å². The molecule has 0 amide bonds. The molecule has 4 N–H and O–H groups in total. The van der Waals surface area contributed by atoms with Crippen LogP contribution in [0.3, 0.4) is 0 Å². The van der Waals surface area contributed by atoms with Crippen molar-refractivity contribution in [3.63, 3.8) is 0 Å². The number of hydrogen-bond acceptors (Lipinski definition) is 3. The van der Waals surface area contributed by atoms with E-state index >= 15 is 0 Å². The smallest absolute Gasteiger partial charge is 0.206 e. The average Bonchev–Trinajstić information content (AvgIpc) is 2.37. The maximum Gasteiger partial charge on any atom is 0.206 e. The summed E-state index contributed by atoms with van der Waals surface area (Å²) in [5.41, 5.74) is 13.4. The van der Waals surface area contributed by atoms with Crippen LogP contribution in [-0.4, -0.2) is 16.6 Å². The highest BCUT2D eigenvalue weighted by atomic mass is 28.4. The van der Waals surface area contributed by atoms with Gasteiger partial charge in [-0.25, -0.2) is 0 Å². The van der Waals surface area contributed by atoms with E-state index in [9.17, 15) is 0 Å². The molecule has 3 nitrogen and oxygen atoms in total. The Morgan fingerprint density at radius 2 is 1.10 bits per heavy atom. The van der Waals surface area contributed by atoms with E-state index in [2.05, 4.69) is 38.3 Å². The van der Waals surface area contributed by atoms with E-state index < -0.39 is 16.6 Å². The molecule has 5 heteroatoms. The molecule has 0 atom stereocenters. The molecule has 0 aliphatic heterocycles. The van der Waals surface area contributed by atoms with Gasteiger partial charge >= 0.3 is 0 Å². The van der Waals surface area contributed by atoms with Crippen molar-refractivity contribution >= 4 is 38.4 Å². The number of nitrogens with two attached hydrogens (primary N) is 2. The van der Waals surface area contributed by atoms with E-state index in [1.165, 1.54) is 10.4 Å². The highest BCUT2D eigenvalue weighted by Crippen LogP contribution is 2.17. The van der Waals surface area contributed by atoms with Crippen molar-refractivity contribution in [2.24, 2.45) is 0 Å². The Labute approximate surface area is 129 Å². The molecule has 0 heterocycles. The van der Waals surface area contributed by atoms with Crippen LogP contribution in [0.5, 0.6) is 0 Å². The minimum atomic E-state index is -2.01. The van der Waals surface area contributed by atoms with E-state index in [1.54, 1.807) is 0 Å². The molecule has 112 valence electrons. The third-order valence-corrected chi connectivity index (χ3v) is 11.2. The fraction of sp³-hybridized carbons (Fsp3) is 0.250. The van der Waals surface area contributed by atoms with Gasteiger partial charge in [0.1, 0.15) is 0 Å². The molecular weight excluding hydrogens is 292 g/mol. The van der Waals surface area contributed by atoms with Crippen LogP contribution in [0.2, 0.25) is 26.2 Å². The molecule has 0 saturated heterocycles. The van der Waals surface area contributed by atoms with Gasteiger partial charge in [0.2, 0.25) is 16.6 Å². The molecule has 0 fully saturated rings. The Bertz CT molecular complexity index is 586. The summed E-state index contributed by atoms with van der Waals surface area (Å²) in [6, 6.07) is 16.1. The molecule has 21 heavy (non-hydrogen) atoms. The molecule has 2 aromatic rings. The Morgan fingerprint density at radius 1 is 0.714 bits per heavy atom. The van der Waals surface area contributed by atoms with Crippen LogP contribution < -0.4 is 21.8 Å². The van der Waals surface area contributed by atoms with Gasteiger partial charge in [0, 0.05) is 11.4 Å². The predicted octanol–water partition coefficient (Wildman–Crippen LogP) is 2.39. The number of anilines is 2. The minimum Gasteiger partial charge on any atom is -0.449 e. The fourth-order valence-corrected chi connectivity index (χ4v) is 10.7. The van der Waals surface area contributed by atoms with Gasteiger partial charge in [0.05, 0.1) is 0 Å².